The Labute approximate surface area is 139 Å². The quantitative estimate of drug-likeness (QED) is 0.767. The van der Waals surface area contributed by atoms with Crippen LogP contribution in [0.4, 0.5) is 5.82 Å². The van der Waals surface area contributed by atoms with Crippen molar-refractivity contribution in [3.63, 3.8) is 0 Å². The minimum absolute atomic E-state index is 0.0814. The summed E-state index contributed by atoms with van der Waals surface area (Å²) in [6.07, 6.45) is 1.51. The lowest BCUT2D eigenvalue weighted by Gasteiger charge is -2.39. The Morgan fingerprint density at radius 1 is 1.29 bits per heavy atom. The highest BCUT2D eigenvalue weighted by Crippen LogP contribution is 2.15. The Kier molecular flexibility index (Phi) is 4.03. The van der Waals surface area contributed by atoms with Gasteiger partial charge >= 0.3 is 0 Å². The number of rotatable bonds is 2. The van der Waals surface area contributed by atoms with Crippen LogP contribution in [0.25, 0.3) is 5.65 Å². The third-order valence-electron chi connectivity index (χ3n) is 4.65. The number of piperazine rings is 1. The van der Waals surface area contributed by atoms with E-state index in [9.17, 15) is 4.79 Å². The molecule has 0 unspecified atom stereocenters. The lowest BCUT2D eigenvalue weighted by atomic mass is 10.1. The molecule has 2 saturated heterocycles. The van der Waals surface area contributed by atoms with Gasteiger partial charge in [-0.15, -0.1) is 15.3 Å². The Morgan fingerprint density at radius 3 is 2.92 bits per heavy atom. The molecular formula is C15H21N7O2. The van der Waals surface area contributed by atoms with Crippen LogP contribution in [0.1, 0.15) is 6.92 Å². The number of morpholine rings is 1. The number of fused-ring (bicyclic) bond motifs is 1. The van der Waals surface area contributed by atoms with Crippen molar-refractivity contribution in [2.24, 2.45) is 0 Å². The molecular weight excluding hydrogens is 310 g/mol. The number of hydrogen-bond acceptors (Lipinski definition) is 7. The van der Waals surface area contributed by atoms with Gasteiger partial charge in [0.25, 0.3) is 0 Å². The van der Waals surface area contributed by atoms with Crippen molar-refractivity contribution in [3.05, 3.63) is 18.5 Å². The van der Waals surface area contributed by atoms with Crippen molar-refractivity contribution in [2.75, 3.05) is 44.2 Å². The van der Waals surface area contributed by atoms with Crippen LogP contribution in [0.5, 0.6) is 0 Å². The van der Waals surface area contributed by atoms with Crippen LogP contribution in [0.15, 0.2) is 18.5 Å². The molecule has 2 fully saturated rings. The molecule has 2 aliphatic rings. The van der Waals surface area contributed by atoms with Gasteiger partial charge in [-0.3, -0.25) is 4.79 Å². The molecule has 0 aliphatic carbocycles. The fourth-order valence-corrected chi connectivity index (χ4v) is 3.25. The molecule has 4 rings (SSSR count). The second-order valence-corrected chi connectivity index (χ2v) is 6.15. The number of nitrogens with zero attached hydrogens (tertiary/aromatic N) is 6. The number of amides is 1. The van der Waals surface area contributed by atoms with E-state index >= 15 is 0 Å². The zero-order valence-corrected chi connectivity index (χ0v) is 13.6. The monoisotopic (exact) mass is 331 g/mol. The maximum Gasteiger partial charge on any atom is 0.242 e. The fourth-order valence-electron chi connectivity index (χ4n) is 3.25. The van der Waals surface area contributed by atoms with E-state index in [-0.39, 0.29) is 18.1 Å². The molecule has 0 saturated carbocycles. The molecule has 1 N–H and O–H groups in total. The molecule has 2 aliphatic heterocycles. The van der Waals surface area contributed by atoms with Gasteiger partial charge in [-0.1, -0.05) is 0 Å². The van der Waals surface area contributed by atoms with Crippen LogP contribution < -0.4 is 10.2 Å². The second kappa shape index (κ2) is 6.33. The van der Waals surface area contributed by atoms with Crippen molar-refractivity contribution in [2.45, 2.75) is 19.1 Å². The summed E-state index contributed by atoms with van der Waals surface area (Å²) in [7, 11) is 0. The highest BCUT2D eigenvalue weighted by atomic mass is 16.5. The molecule has 2 atom stereocenters. The standard InChI is InChI=1S/C15H21N7O2/c1-11-14(16-4-9-24-11)15(23)21-7-5-20(6-8-21)13-3-2-12-18-17-10-22(12)19-13/h2-3,10-11,14,16H,4-9H2,1H3/t11-,14+/m1/s1. The molecule has 2 aromatic rings. The number of ether oxygens (including phenoxy) is 1. The number of anilines is 1. The molecule has 2 aromatic heterocycles. The average Bonchev–Trinajstić information content (AvgIpc) is 3.09. The van der Waals surface area contributed by atoms with E-state index in [0.29, 0.717) is 19.7 Å². The third kappa shape index (κ3) is 2.80. The van der Waals surface area contributed by atoms with Gasteiger partial charge in [0.05, 0.1) is 12.7 Å². The van der Waals surface area contributed by atoms with Crippen LogP contribution in [-0.4, -0.2) is 82.1 Å². The van der Waals surface area contributed by atoms with Gasteiger partial charge < -0.3 is 19.9 Å². The van der Waals surface area contributed by atoms with Gasteiger partial charge in [-0.2, -0.15) is 4.52 Å². The molecule has 0 bridgehead atoms. The first-order valence-corrected chi connectivity index (χ1v) is 8.28. The summed E-state index contributed by atoms with van der Waals surface area (Å²) in [5.41, 5.74) is 0.727. The number of carbonyl (C=O) groups excluding carboxylic acids is 1. The third-order valence-corrected chi connectivity index (χ3v) is 4.65. The minimum atomic E-state index is -0.239. The van der Waals surface area contributed by atoms with Crippen molar-refractivity contribution < 1.29 is 9.53 Å². The lowest BCUT2D eigenvalue weighted by Crippen LogP contribution is -2.59. The maximum absolute atomic E-state index is 12.7. The molecule has 1 amide bonds. The molecule has 128 valence electrons. The summed E-state index contributed by atoms with van der Waals surface area (Å²) in [6.45, 7) is 6.22. The Hall–Kier alpha value is -2.26. The van der Waals surface area contributed by atoms with Crippen LogP contribution in [0.3, 0.4) is 0 Å². The van der Waals surface area contributed by atoms with Gasteiger partial charge in [0.2, 0.25) is 5.91 Å². The van der Waals surface area contributed by atoms with E-state index in [1.165, 1.54) is 0 Å². The minimum Gasteiger partial charge on any atom is -0.375 e. The zero-order valence-electron chi connectivity index (χ0n) is 13.6. The summed E-state index contributed by atoms with van der Waals surface area (Å²) < 4.78 is 7.25. The van der Waals surface area contributed by atoms with Crippen molar-refractivity contribution >= 4 is 17.4 Å². The van der Waals surface area contributed by atoms with Gasteiger partial charge in [0.15, 0.2) is 5.65 Å². The first kappa shape index (κ1) is 15.3. The zero-order chi connectivity index (χ0) is 16.5. The molecule has 0 radical (unpaired) electrons. The normalized spacial score (nSPS) is 25.2. The summed E-state index contributed by atoms with van der Waals surface area (Å²) in [5, 5.41) is 15.6. The summed E-state index contributed by atoms with van der Waals surface area (Å²) in [5.74, 6) is 1.01. The van der Waals surface area contributed by atoms with Crippen LogP contribution in [-0.2, 0) is 9.53 Å². The predicted molar refractivity (Wildman–Crippen MR) is 86.8 cm³/mol. The molecule has 0 aromatic carbocycles. The van der Waals surface area contributed by atoms with Gasteiger partial charge in [-0.25, -0.2) is 0 Å². The van der Waals surface area contributed by atoms with E-state index in [1.54, 1.807) is 10.8 Å². The number of aromatic nitrogens is 4. The molecule has 24 heavy (non-hydrogen) atoms. The van der Waals surface area contributed by atoms with E-state index in [1.807, 2.05) is 24.0 Å². The first-order valence-electron chi connectivity index (χ1n) is 8.28. The highest BCUT2D eigenvalue weighted by Gasteiger charge is 2.33. The van der Waals surface area contributed by atoms with Crippen LogP contribution in [0.2, 0.25) is 0 Å². The number of carbonyl (C=O) groups is 1. The average molecular weight is 331 g/mol. The predicted octanol–water partition coefficient (Wildman–Crippen LogP) is -0.850. The molecule has 0 spiro atoms. The Balaban J connectivity index is 1.40. The number of nitrogens with one attached hydrogen (secondary N) is 1. The van der Waals surface area contributed by atoms with E-state index in [0.717, 1.165) is 31.1 Å². The van der Waals surface area contributed by atoms with Crippen molar-refractivity contribution in [1.29, 1.82) is 0 Å². The maximum atomic E-state index is 12.7. The van der Waals surface area contributed by atoms with E-state index < -0.39 is 0 Å². The smallest absolute Gasteiger partial charge is 0.242 e. The van der Waals surface area contributed by atoms with E-state index in [4.69, 9.17) is 4.74 Å². The topological polar surface area (TPSA) is 87.9 Å². The van der Waals surface area contributed by atoms with E-state index in [2.05, 4.69) is 25.5 Å². The second-order valence-electron chi connectivity index (χ2n) is 6.15. The largest absolute Gasteiger partial charge is 0.375 e. The van der Waals surface area contributed by atoms with Gasteiger partial charge in [-0.05, 0) is 19.1 Å². The van der Waals surface area contributed by atoms with Crippen LogP contribution in [0, 0.1) is 0 Å². The lowest BCUT2D eigenvalue weighted by molar-refractivity contribution is -0.139. The summed E-state index contributed by atoms with van der Waals surface area (Å²) in [6, 6.07) is 3.61. The van der Waals surface area contributed by atoms with Crippen molar-refractivity contribution in [1.82, 2.24) is 30.0 Å². The Morgan fingerprint density at radius 2 is 2.12 bits per heavy atom. The van der Waals surface area contributed by atoms with Crippen LogP contribution >= 0.6 is 0 Å². The molecule has 9 nitrogen and oxygen atoms in total. The molecule has 4 heterocycles. The Bertz CT molecular complexity index is 725. The SMILES string of the molecule is C[C@H]1OCCN[C@@H]1C(=O)N1CCN(c2ccc3nncn3n2)CC1. The van der Waals surface area contributed by atoms with Gasteiger partial charge in [0.1, 0.15) is 18.2 Å². The first-order chi connectivity index (χ1) is 11.7. The molecule has 9 heteroatoms. The summed E-state index contributed by atoms with van der Waals surface area (Å²) >= 11 is 0. The number of hydrogen-bond donors (Lipinski definition) is 1. The summed E-state index contributed by atoms with van der Waals surface area (Å²) in [4.78, 5) is 16.8. The van der Waals surface area contributed by atoms with Crippen molar-refractivity contribution in [3.8, 4) is 0 Å². The van der Waals surface area contributed by atoms with Gasteiger partial charge in [0, 0.05) is 32.7 Å². The fraction of sp³-hybridized carbons (Fsp3) is 0.600. The highest BCUT2D eigenvalue weighted by molar-refractivity contribution is 5.83.